The fourth-order valence-corrected chi connectivity index (χ4v) is 3.33. The summed E-state index contributed by atoms with van der Waals surface area (Å²) < 4.78 is 20.8. The van der Waals surface area contributed by atoms with Crippen molar-refractivity contribution in [1.29, 1.82) is 0 Å². The summed E-state index contributed by atoms with van der Waals surface area (Å²) in [6.07, 6.45) is 3.67. The number of pyridine rings is 1. The van der Waals surface area contributed by atoms with Gasteiger partial charge in [-0.2, -0.15) is 5.10 Å². The summed E-state index contributed by atoms with van der Waals surface area (Å²) in [5.41, 5.74) is 7.94. The molecule has 31 heavy (non-hydrogen) atoms. The van der Waals surface area contributed by atoms with Gasteiger partial charge in [0, 0.05) is 31.4 Å². The molecule has 0 radical (unpaired) electrons. The van der Waals surface area contributed by atoms with Crippen molar-refractivity contribution in [2.24, 2.45) is 5.73 Å². The number of aromatic nitrogens is 4. The Morgan fingerprint density at radius 1 is 1.19 bits per heavy atom. The van der Waals surface area contributed by atoms with Crippen LogP contribution in [0, 0.1) is 0 Å². The smallest absolute Gasteiger partial charge is 0.350 e. The Balaban J connectivity index is 0.00000272. The standard InChI is InChI=1S/C21H23FN6O2.ClH/c22-11-16(12-23)14-28-21(29)27(15-25-28)19-3-1-2-17(10-19)18-4-5-20(24-13-18)26-6-8-30-9-7-26;/h1-5,10-11,13,15H,6-9,12,14,23H2;1H/b16-11+;. The van der Waals surface area contributed by atoms with Crippen molar-refractivity contribution in [2.75, 3.05) is 37.7 Å². The number of anilines is 1. The number of benzene rings is 1. The predicted molar refractivity (Wildman–Crippen MR) is 120 cm³/mol. The molecule has 0 atom stereocenters. The van der Waals surface area contributed by atoms with Crippen LogP contribution in [0.3, 0.4) is 0 Å². The second kappa shape index (κ2) is 10.3. The van der Waals surface area contributed by atoms with E-state index < -0.39 is 0 Å². The average molecular weight is 447 g/mol. The van der Waals surface area contributed by atoms with Crippen LogP contribution in [0.15, 0.2) is 65.6 Å². The van der Waals surface area contributed by atoms with Crippen LogP contribution in [-0.2, 0) is 11.3 Å². The molecule has 4 rings (SSSR count). The molecule has 164 valence electrons. The molecule has 0 saturated carbocycles. The van der Waals surface area contributed by atoms with Gasteiger partial charge in [0.05, 0.1) is 31.8 Å². The molecule has 0 amide bonds. The highest BCUT2D eigenvalue weighted by molar-refractivity contribution is 5.85. The van der Waals surface area contributed by atoms with E-state index in [4.69, 9.17) is 10.5 Å². The minimum Gasteiger partial charge on any atom is -0.378 e. The number of halogens is 2. The first-order chi connectivity index (χ1) is 14.7. The molecule has 2 N–H and O–H groups in total. The summed E-state index contributed by atoms with van der Waals surface area (Å²) in [6, 6.07) is 11.6. The lowest BCUT2D eigenvalue weighted by Crippen LogP contribution is -2.36. The van der Waals surface area contributed by atoms with E-state index >= 15 is 0 Å². The molecule has 1 aliphatic rings. The van der Waals surface area contributed by atoms with E-state index in [1.165, 1.54) is 15.6 Å². The Kier molecular flexibility index (Phi) is 7.56. The van der Waals surface area contributed by atoms with Gasteiger partial charge in [0.1, 0.15) is 12.1 Å². The zero-order valence-electron chi connectivity index (χ0n) is 16.9. The van der Waals surface area contributed by atoms with Crippen LogP contribution < -0.4 is 16.3 Å². The SMILES string of the molecule is Cl.NC/C(=C\F)Cn1ncn(-c2cccc(-c3ccc(N4CCOCC4)nc3)c2)c1=O. The lowest BCUT2D eigenvalue weighted by molar-refractivity contribution is 0.122. The van der Waals surface area contributed by atoms with Gasteiger partial charge in [-0.05, 0) is 35.4 Å². The molecule has 1 fully saturated rings. The maximum atomic E-state index is 12.8. The van der Waals surface area contributed by atoms with E-state index in [0.29, 0.717) is 30.8 Å². The van der Waals surface area contributed by atoms with Crippen LogP contribution in [0.25, 0.3) is 16.8 Å². The maximum absolute atomic E-state index is 12.8. The van der Waals surface area contributed by atoms with Crippen molar-refractivity contribution in [2.45, 2.75) is 6.54 Å². The van der Waals surface area contributed by atoms with Gasteiger partial charge in [-0.3, -0.25) is 0 Å². The largest absolute Gasteiger partial charge is 0.378 e. The molecule has 1 saturated heterocycles. The monoisotopic (exact) mass is 446 g/mol. The van der Waals surface area contributed by atoms with E-state index in [9.17, 15) is 9.18 Å². The van der Waals surface area contributed by atoms with Crippen molar-refractivity contribution >= 4 is 18.2 Å². The van der Waals surface area contributed by atoms with Gasteiger partial charge in [-0.1, -0.05) is 12.1 Å². The molecule has 3 aromatic rings. The van der Waals surface area contributed by atoms with Gasteiger partial charge in [0.2, 0.25) is 0 Å². The van der Waals surface area contributed by atoms with Crippen molar-refractivity contribution in [1.82, 2.24) is 19.3 Å². The molecule has 2 aromatic heterocycles. The first-order valence-corrected chi connectivity index (χ1v) is 9.72. The molecular formula is C21H24ClFN6O2. The molecule has 0 spiro atoms. The highest BCUT2D eigenvalue weighted by atomic mass is 35.5. The Morgan fingerprint density at radius 3 is 2.68 bits per heavy atom. The summed E-state index contributed by atoms with van der Waals surface area (Å²) in [7, 11) is 0. The molecule has 3 heterocycles. The predicted octanol–water partition coefficient (Wildman–Crippen LogP) is 2.17. The molecule has 1 aromatic carbocycles. The average Bonchev–Trinajstić information content (AvgIpc) is 3.18. The van der Waals surface area contributed by atoms with Gasteiger partial charge in [-0.15, -0.1) is 12.4 Å². The van der Waals surface area contributed by atoms with Crippen molar-refractivity contribution < 1.29 is 9.13 Å². The van der Waals surface area contributed by atoms with Crippen molar-refractivity contribution in [3.05, 3.63) is 71.3 Å². The van der Waals surface area contributed by atoms with Crippen LogP contribution in [-0.4, -0.2) is 52.2 Å². The summed E-state index contributed by atoms with van der Waals surface area (Å²) in [6.45, 7) is 3.13. The second-order valence-corrected chi connectivity index (χ2v) is 6.97. The van der Waals surface area contributed by atoms with E-state index in [-0.39, 0.29) is 31.2 Å². The summed E-state index contributed by atoms with van der Waals surface area (Å²) in [4.78, 5) is 19.4. The number of ether oxygens (including phenoxy) is 1. The zero-order valence-corrected chi connectivity index (χ0v) is 17.7. The number of nitrogens with zero attached hydrogens (tertiary/aromatic N) is 5. The van der Waals surface area contributed by atoms with Crippen LogP contribution in [0.5, 0.6) is 0 Å². The van der Waals surface area contributed by atoms with E-state index in [0.717, 1.165) is 30.0 Å². The summed E-state index contributed by atoms with van der Waals surface area (Å²) in [5, 5.41) is 4.07. The minimum absolute atomic E-state index is 0. The Hall–Kier alpha value is -3.01. The topological polar surface area (TPSA) is 91.2 Å². The van der Waals surface area contributed by atoms with Crippen molar-refractivity contribution in [3.63, 3.8) is 0 Å². The molecule has 1 aliphatic heterocycles. The Morgan fingerprint density at radius 2 is 2.00 bits per heavy atom. The summed E-state index contributed by atoms with van der Waals surface area (Å²) in [5.74, 6) is 0.923. The number of hydrogen-bond donors (Lipinski definition) is 1. The molecule has 0 unspecified atom stereocenters. The highest BCUT2D eigenvalue weighted by Crippen LogP contribution is 2.23. The van der Waals surface area contributed by atoms with Crippen LogP contribution in [0.2, 0.25) is 0 Å². The molecule has 0 aliphatic carbocycles. The van der Waals surface area contributed by atoms with Gasteiger partial charge in [0.15, 0.2) is 0 Å². The van der Waals surface area contributed by atoms with Gasteiger partial charge in [-0.25, -0.2) is 23.4 Å². The molecular weight excluding hydrogens is 423 g/mol. The van der Waals surface area contributed by atoms with Gasteiger partial charge in [0.25, 0.3) is 0 Å². The fraction of sp³-hybridized carbons (Fsp3) is 0.286. The quantitative estimate of drug-likeness (QED) is 0.624. The number of hydrogen-bond acceptors (Lipinski definition) is 6. The normalized spacial score (nSPS) is 14.4. The molecule has 8 nitrogen and oxygen atoms in total. The van der Waals surface area contributed by atoms with Crippen molar-refractivity contribution in [3.8, 4) is 16.8 Å². The third kappa shape index (κ3) is 5.01. The maximum Gasteiger partial charge on any atom is 0.350 e. The Labute approximate surface area is 185 Å². The first kappa shape index (κ1) is 22.7. The third-order valence-corrected chi connectivity index (χ3v) is 5.04. The van der Waals surface area contributed by atoms with Gasteiger partial charge < -0.3 is 15.4 Å². The molecule has 10 heteroatoms. The number of morpholine rings is 1. The van der Waals surface area contributed by atoms with E-state index in [1.807, 2.05) is 42.6 Å². The highest BCUT2D eigenvalue weighted by Gasteiger charge is 2.13. The lowest BCUT2D eigenvalue weighted by Gasteiger charge is -2.27. The second-order valence-electron chi connectivity index (χ2n) is 6.97. The van der Waals surface area contributed by atoms with Gasteiger partial charge >= 0.3 is 5.69 Å². The fourth-order valence-electron chi connectivity index (χ4n) is 3.33. The van der Waals surface area contributed by atoms with Crippen LogP contribution in [0.4, 0.5) is 10.2 Å². The third-order valence-electron chi connectivity index (χ3n) is 5.04. The van der Waals surface area contributed by atoms with E-state index in [1.54, 1.807) is 0 Å². The number of nitrogens with two attached hydrogens (primary N) is 1. The summed E-state index contributed by atoms with van der Waals surface area (Å²) >= 11 is 0. The minimum atomic E-state index is -0.360. The first-order valence-electron chi connectivity index (χ1n) is 9.72. The Bertz CT molecular complexity index is 1090. The van der Waals surface area contributed by atoms with Crippen LogP contribution in [0.1, 0.15) is 0 Å². The zero-order chi connectivity index (χ0) is 20.9. The molecule has 0 bridgehead atoms. The van der Waals surface area contributed by atoms with E-state index in [2.05, 4.69) is 15.0 Å². The number of rotatable bonds is 6. The van der Waals surface area contributed by atoms with Crippen LogP contribution >= 0.6 is 12.4 Å². The lowest BCUT2D eigenvalue weighted by atomic mass is 10.1.